The quantitative estimate of drug-likeness (QED) is 0.773. The lowest BCUT2D eigenvalue weighted by molar-refractivity contribution is 0.562. The van der Waals surface area contributed by atoms with Crippen LogP contribution in [0.2, 0.25) is 0 Å². The molecule has 15 heavy (non-hydrogen) atoms. The van der Waals surface area contributed by atoms with E-state index in [-0.39, 0.29) is 0 Å². The van der Waals surface area contributed by atoms with Crippen molar-refractivity contribution in [1.29, 1.82) is 0 Å². The molecule has 1 fully saturated rings. The molecule has 0 aliphatic heterocycles. The molecule has 2 rings (SSSR count). The predicted molar refractivity (Wildman–Crippen MR) is 61.9 cm³/mol. The second kappa shape index (κ2) is 4.79. The monoisotopic (exact) mass is 207 g/mol. The van der Waals surface area contributed by atoms with E-state index in [1.165, 1.54) is 25.1 Å². The number of nitrogens with one attached hydrogen (secondary N) is 1. The summed E-state index contributed by atoms with van der Waals surface area (Å²) < 4.78 is 2.18. The van der Waals surface area contributed by atoms with E-state index in [1.54, 1.807) is 0 Å². The zero-order chi connectivity index (χ0) is 10.7. The SMILES string of the molecule is CCCn1nccc1C1CC1CNCC. The van der Waals surface area contributed by atoms with Crippen molar-refractivity contribution in [3.05, 3.63) is 18.0 Å². The molecule has 1 aromatic heterocycles. The number of nitrogens with zero attached hydrogens (tertiary/aromatic N) is 2. The van der Waals surface area contributed by atoms with Crippen molar-refractivity contribution in [3.63, 3.8) is 0 Å². The fourth-order valence-electron chi connectivity index (χ4n) is 2.22. The Morgan fingerprint density at radius 3 is 3.13 bits per heavy atom. The molecule has 3 nitrogen and oxygen atoms in total. The lowest BCUT2D eigenvalue weighted by Gasteiger charge is -2.05. The van der Waals surface area contributed by atoms with E-state index in [0.717, 1.165) is 24.9 Å². The highest BCUT2D eigenvalue weighted by Crippen LogP contribution is 2.46. The number of aromatic nitrogens is 2. The molecule has 0 spiro atoms. The van der Waals surface area contributed by atoms with Crippen LogP contribution in [-0.2, 0) is 6.54 Å². The van der Waals surface area contributed by atoms with Crippen molar-refractivity contribution in [2.24, 2.45) is 5.92 Å². The summed E-state index contributed by atoms with van der Waals surface area (Å²) in [5.74, 6) is 1.61. The largest absolute Gasteiger partial charge is 0.317 e. The maximum absolute atomic E-state index is 4.38. The summed E-state index contributed by atoms with van der Waals surface area (Å²) in [4.78, 5) is 0. The third-order valence-corrected chi connectivity index (χ3v) is 3.14. The second-order valence-corrected chi connectivity index (χ2v) is 4.39. The van der Waals surface area contributed by atoms with Crippen molar-refractivity contribution >= 4 is 0 Å². The van der Waals surface area contributed by atoms with E-state index in [1.807, 2.05) is 6.20 Å². The van der Waals surface area contributed by atoms with Gasteiger partial charge < -0.3 is 5.32 Å². The average molecular weight is 207 g/mol. The van der Waals surface area contributed by atoms with Crippen molar-refractivity contribution in [2.45, 2.75) is 39.2 Å². The Bertz CT molecular complexity index is 306. The molecule has 2 atom stereocenters. The van der Waals surface area contributed by atoms with Crippen molar-refractivity contribution in [2.75, 3.05) is 13.1 Å². The number of hydrogen-bond donors (Lipinski definition) is 1. The standard InChI is InChI=1S/C12H21N3/c1-3-7-15-12(5-6-14-15)11-8-10(11)9-13-4-2/h5-6,10-11,13H,3-4,7-9H2,1-2H3. The van der Waals surface area contributed by atoms with Crippen LogP contribution in [0, 0.1) is 5.92 Å². The van der Waals surface area contributed by atoms with Gasteiger partial charge in [0, 0.05) is 24.4 Å². The van der Waals surface area contributed by atoms with Crippen molar-refractivity contribution in [1.82, 2.24) is 15.1 Å². The summed E-state index contributed by atoms with van der Waals surface area (Å²) in [6, 6.07) is 2.19. The molecule has 84 valence electrons. The minimum atomic E-state index is 0.762. The van der Waals surface area contributed by atoms with Crippen molar-refractivity contribution < 1.29 is 0 Å². The van der Waals surface area contributed by atoms with E-state index in [2.05, 4.69) is 35.0 Å². The molecule has 1 aliphatic rings. The van der Waals surface area contributed by atoms with Crippen LogP contribution in [0.4, 0.5) is 0 Å². The lowest BCUT2D eigenvalue weighted by Crippen LogP contribution is -2.16. The molecule has 0 amide bonds. The Hall–Kier alpha value is -0.830. The number of rotatable bonds is 6. The summed E-state index contributed by atoms with van der Waals surface area (Å²) in [5.41, 5.74) is 1.44. The fourth-order valence-corrected chi connectivity index (χ4v) is 2.22. The van der Waals surface area contributed by atoms with Gasteiger partial charge in [0.15, 0.2) is 0 Å². The molecule has 0 aromatic carbocycles. The molecule has 1 heterocycles. The summed E-state index contributed by atoms with van der Waals surface area (Å²) in [6.45, 7) is 7.68. The van der Waals surface area contributed by atoms with Crippen molar-refractivity contribution in [3.8, 4) is 0 Å². The zero-order valence-corrected chi connectivity index (χ0v) is 9.74. The topological polar surface area (TPSA) is 29.9 Å². The first-order valence-corrected chi connectivity index (χ1v) is 6.09. The van der Waals surface area contributed by atoms with Crippen LogP contribution in [0.15, 0.2) is 12.3 Å². The molecular formula is C12H21N3. The molecule has 0 bridgehead atoms. The molecular weight excluding hydrogens is 186 g/mol. The maximum Gasteiger partial charge on any atom is 0.0492 e. The molecule has 2 unspecified atom stereocenters. The maximum atomic E-state index is 4.38. The van der Waals surface area contributed by atoms with E-state index in [0.29, 0.717) is 0 Å². The lowest BCUT2D eigenvalue weighted by atomic mass is 10.2. The third kappa shape index (κ3) is 2.40. The Balaban J connectivity index is 1.91. The van der Waals surface area contributed by atoms with Crippen LogP contribution >= 0.6 is 0 Å². The van der Waals surface area contributed by atoms with Gasteiger partial charge in [0.25, 0.3) is 0 Å². The Morgan fingerprint density at radius 1 is 1.53 bits per heavy atom. The summed E-state index contributed by atoms with van der Waals surface area (Å²) >= 11 is 0. The third-order valence-electron chi connectivity index (χ3n) is 3.14. The normalized spacial score (nSPS) is 24.4. The van der Waals surface area contributed by atoms with Crippen LogP contribution in [0.25, 0.3) is 0 Å². The first-order chi connectivity index (χ1) is 7.36. The highest BCUT2D eigenvalue weighted by molar-refractivity contribution is 5.17. The van der Waals surface area contributed by atoms with Crippen LogP contribution in [0.5, 0.6) is 0 Å². The van der Waals surface area contributed by atoms with Gasteiger partial charge in [-0.1, -0.05) is 13.8 Å². The molecule has 1 N–H and O–H groups in total. The van der Waals surface area contributed by atoms with E-state index < -0.39 is 0 Å². The molecule has 1 aromatic rings. The first-order valence-electron chi connectivity index (χ1n) is 6.09. The molecule has 0 radical (unpaired) electrons. The summed E-state index contributed by atoms with van der Waals surface area (Å²) in [7, 11) is 0. The molecule has 3 heteroatoms. The molecule has 1 aliphatic carbocycles. The average Bonchev–Trinajstić information content (AvgIpc) is 2.87. The molecule has 1 saturated carbocycles. The Labute approximate surface area is 91.9 Å². The van der Waals surface area contributed by atoms with E-state index >= 15 is 0 Å². The van der Waals surface area contributed by atoms with Crippen LogP contribution < -0.4 is 5.32 Å². The van der Waals surface area contributed by atoms with Gasteiger partial charge in [0.05, 0.1) is 0 Å². The number of hydrogen-bond acceptors (Lipinski definition) is 2. The Morgan fingerprint density at radius 2 is 2.40 bits per heavy atom. The van der Waals surface area contributed by atoms with Gasteiger partial charge in [-0.2, -0.15) is 5.10 Å². The van der Waals surface area contributed by atoms with Gasteiger partial charge in [-0.3, -0.25) is 4.68 Å². The summed E-state index contributed by atoms with van der Waals surface area (Å²) in [6.07, 6.45) is 4.44. The van der Waals surface area contributed by atoms with Gasteiger partial charge in [0.1, 0.15) is 0 Å². The van der Waals surface area contributed by atoms with Gasteiger partial charge in [-0.05, 0) is 37.9 Å². The first kappa shape index (κ1) is 10.7. The fraction of sp³-hybridized carbons (Fsp3) is 0.750. The summed E-state index contributed by atoms with van der Waals surface area (Å²) in [5, 5.41) is 7.80. The Kier molecular flexibility index (Phi) is 3.41. The van der Waals surface area contributed by atoms with Gasteiger partial charge >= 0.3 is 0 Å². The van der Waals surface area contributed by atoms with Crippen LogP contribution in [0.1, 0.15) is 38.3 Å². The van der Waals surface area contributed by atoms with E-state index in [9.17, 15) is 0 Å². The smallest absolute Gasteiger partial charge is 0.0492 e. The zero-order valence-electron chi connectivity index (χ0n) is 9.74. The van der Waals surface area contributed by atoms with E-state index in [4.69, 9.17) is 0 Å². The highest BCUT2D eigenvalue weighted by atomic mass is 15.3. The predicted octanol–water partition coefficient (Wildman–Crippen LogP) is 2.01. The number of aryl methyl sites for hydroxylation is 1. The van der Waals surface area contributed by atoms with Gasteiger partial charge in [0.2, 0.25) is 0 Å². The van der Waals surface area contributed by atoms with Gasteiger partial charge in [-0.15, -0.1) is 0 Å². The minimum absolute atomic E-state index is 0.762. The second-order valence-electron chi connectivity index (χ2n) is 4.39. The molecule has 0 saturated heterocycles. The minimum Gasteiger partial charge on any atom is -0.317 e. The van der Waals surface area contributed by atoms with Gasteiger partial charge in [-0.25, -0.2) is 0 Å². The van der Waals surface area contributed by atoms with Crippen LogP contribution in [-0.4, -0.2) is 22.9 Å². The highest BCUT2D eigenvalue weighted by Gasteiger charge is 2.39. The van der Waals surface area contributed by atoms with Crippen LogP contribution in [0.3, 0.4) is 0 Å².